The monoisotopic (exact) mass is 233 g/mol. The van der Waals surface area contributed by atoms with Gasteiger partial charge in [0.1, 0.15) is 0 Å². The Morgan fingerprint density at radius 3 is 2.88 bits per heavy atom. The van der Waals surface area contributed by atoms with Crippen molar-refractivity contribution >= 4 is 11.6 Å². The standard InChI is InChI=1S/C12H15N3O2/c1-7-5-9(15-12-13-3-4-14-12)8(2)11-10(7)16-6-17-11/h5H,3-4,6H2,1-2H3,(H2,13,14,15). The molecule has 0 bridgehead atoms. The number of fused-ring (bicyclic) bond motifs is 1. The van der Waals surface area contributed by atoms with Gasteiger partial charge in [0.15, 0.2) is 17.5 Å². The van der Waals surface area contributed by atoms with Crippen molar-refractivity contribution in [3.63, 3.8) is 0 Å². The van der Waals surface area contributed by atoms with Gasteiger partial charge in [-0.15, -0.1) is 0 Å². The summed E-state index contributed by atoms with van der Waals surface area (Å²) >= 11 is 0. The van der Waals surface area contributed by atoms with E-state index in [1.165, 1.54) is 0 Å². The van der Waals surface area contributed by atoms with Crippen LogP contribution in [0, 0.1) is 13.8 Å². The van der Waals surface area contributed by atoms with Crippen LogP contribution in [0.1, 0.15) is 11.1 Å². The number of guanidine groups is 1. The molecule has 0 saturated heterocycles. The molecule has 2 N–H and O–H groups in total. The first kappa shape index (κ1) is 10.3. The van der Waals surface area contributed by atoms with E-state index in [2.05, 4.69) is 21.7 Å². The second-order valence-corrected chi connectivity index (χ2v) is 4.21. The minimum absolute atomic E-state index is 0.305. The number of hydrogen-bond donors (Lipinski definition) is 2. The third-order valence-corrected chi connectivity index (χ3v) is 3.00. The molecule has 90 valence electrons. The van der Waals surface area contributed by atoms with Gasteiger partial charge in [-0.25, -0.2) is 0 Å². The molecule has 0 radical (unpaired) electrons. The summed E-state index contributed by atoms with van der Waals surface area (Å²) < 4.78 is 10.9. The van der Waals surface area contributed by atoms with Gasteiger partial charge in [0.2, 0.25) is 6.79 Å². The number of anilines is 1. The smallest absolute Gasteiger partial charge is 0.231 e. The van der Waals surface area contributed by atoms with Gasteiger partial charge in [-0.05, 0) is 25.5 Å². The molecular weight excluding hydrogens is 218 g/mol. The van der Waals surface area contributed by atoms with Gasteiger partial charge in [-0.3, -0.25) is 4.99 Å². The van der Waals surface area contributed by atoms with Gasteiger partial charge in [0, 0.05) is 17.8 Å². The molecule has 2 aliphatic heterocycles. The van der Waals surface area contributed by atoms with Crippen molar-refractivity contribution in [1.29, 1.82) is 0 Å². The molecule has 2 aliphatic rings. The number of nitrogens with zero attached hydrogens (tertiary/aromatic N) is 1. The van der Waals surface area contributed by atoms with Crippen LogP contribution in [0.25, 0.3) is 0 Å². The first-order valence-electron chi connectivity index (χ1n) is 5.71. The lowest BCUT2D eigenvalue weighted by Gasteiger charge is -2.13. The maximum Gasteiger partial charge on any atom is 0.231 e. The van der Waals surface area contributed by atoms with Crippen LogP contribution in [0.2, 0.25) is 0 Å². The molecule has 0 fully saturated rings. The molecule has 0 atom stereocenters. The summed E-state index contributed by atoms with van der Waals surface area (Å²) in [5, 5.41) is 6.47. The fraction of sp³-hybridized carbons (Fsp3) is 0.417. The molecule has 5 heteroatoms. The summed E-state index contributed by atoms with van der Waals surface area (Å²) in [5.74, 6) is 2.52. The van der Waals surface area contributed by atoms with Crippen LogP contribution in [-0.4, -0.2) is 25.8 Å². The van der Waals surface area contributed by atoms with E-state index >= 15 is 0 Å². The van der Waals surface area contributed by atoms with E-state index in [-0.39, 0.29) is 0 Å². The summed E-state index contributed by atoms with van der Waals surface area (Å²) in [5.41, 5.74) is 3.14. The van der Waals surface area contributed by atoms with Gasteiger partial charge in [0.05, 0.1) is 6.54 Å². The Morgan fingerprint density at radius 1 is 1.29 bits per heavy atom. The van der Waals surface area contributed by atoms with E-state index in [4.69, 9.17) is 9.47 Å². The first-order chi connectivity index (χ1) is 8.25. The molecule has 5 nitrogen and oxygen atoms in total. The topological polar surface area (TPSA) is 54.9 Å². The zero-order valence-corrected chi connectivity index (χ0v) is 9.96. The van der Waals surface area contributed by atoms with E-state index in [0.29, 0.717) is 6.79 Å². The molecule has 0 unspecified atom stereocenters. The summed E-state index contributed by atoms with van der Waals surface area (Å²) in [6, 6.07) is 2.06. The van der Waals surface area contributed by atoms with E-state index in [1.807, 2.05) is 13.8 Å². The number of ether oxygens (including phenoxy) is 2. The maximum absolute atomic E-state index is 5.49. The molecule has 0 aromatic heterocycles. The molecule has 0 spiro atoms. The Bertz CT molecular complexity index is 497. The fourth-order valence-corrected chi connectivity index (χ4v) is 2.10. The number of hydrogen-bond acceptors (Lipinski definition) is 5. The SMILES string of the molecule is Cc1cc(NC2=NCCN2)c(C)c2c1OCO2. The Labute approximate surface area is 99.8 Å². The number of aliphatic imine (C=N–C) groups is 1. The van der Waals surface area contributed by atoms with Crippen LogP contribution in [0.4, 0.5) is 5.69 Å². The highest BCUT2D eigenvalue weighted by Gasteiger charge is 2.21. The maximum atomic E-state index is 5.49. The van der Waals surface area contributed by atoms with Gasteiger partial charge in [-0.1, -0.05) is 0 Å². The Kier molecular flexibility index (Phi) is 2.31. The van der Waals surface area contributed by atoms with Crippen LogP contribution in [-0.2, 0) is 0 Å². The predicted molar refractivity (Wildman–Crippen MR) is 66.0 cm³/mol. The summed E-state index contributed by atoms with van der Waals surface area (Å²) in [7, 11) is 0. The Hall–Kier alpha value is -1.91. The average molecular weight is 233 g/mol. The molecule has 0 amide bonds. The second-order valence-electron chi connectivity index (χ2n) is 4.21. The quantitative estimate of drug-likeness (QED) is 0.770. The predicted octanol–water partition coefficient (Wildman–Crippen LogP) is 1.40. The molecule has 3 rings (SSSR count). The fourth-order valence-electron chi connectivity index (χ4n) is 2.10. The summed E-state index contributed by atoms with van der Waals surface area (Å²) in [6.45, 7) is 6.06. The lowest BCUT2D eigenvalue weighted by Crippen LogP contribution is -2.26. The van der Waals surface area contributed by atoms with Crippen molar-refractivity contribution in [2.75, 3.05) is 25.2 Å². The average Bonchev–Trinajstić information content (AvgIpc) is 2.96. The normalized spacial score (nSPS) is 16.7. The zero-order chi connectivity index (χ0) is 11.8. The Morgan fingerprint density at radius 2 is 2.12 bits per heavy atom. The molecule has 0 saturated carbocycles. The van der Waals surface area contributed by atoms with Crippen molar-refractivity contribution in [1.82, 2.24) is 5.32 Å². The van der Waals surface area contributed by atoms with Crippen LogP contribution in [0.5, 0.6) is 11.5 Å². The number of nitrogens with one attached hydrogen (secondary N) is 2. The third-order valence-electron chi connectivity index (χ3n) is 3.00. The van der Waals surface area contributed by atoms with Gasteiger partial charge < -0.3 is 20.1 Å². The van der Waals surface area contributed by atoms with E-state index in [1.54, 1.807) is 0 Å². The van der Waals surface area contributed by atoms with Gasteiger partial charge in [0.25, 0.3) is 0 Å². The van der Waals surface area contributed by atoms with Crippen LogP contribution in [0.3, 0.4) is 0 Å². The first-order valence-corrected chi connectivity index (χ1v) is 5.71. The second kappa shape index (κ2) is 3.84. The molecule has 1 aromatic carbocycles. The third kappa shape index (κ3) is 1.67. The molecule has 17 heavy (non-hydrogen) atoms. The molecular formula is C12H15N3O2. The highest BCUT2D eigenvalue weighted by Crippen LogP contribution is 2.42. The molecule has 0 aliphatic carbocycles. The molecule has 2 heterocycles. The van der Waals surface area contributed by atoms with Gasteiger partial charge >= 0.3 is 0 Å². The summed E-state index contributed by atoms with van der Waals surface area (Å²) in [4.78, 5) is 4.32. The van der Waals surface area contributed by atoms with Gasteiger partial charge in [-0.2, -0.15) is 0 Å². The van der Waals surface area contributed by atoms with E-state index < -0.39 is 0 Å². The number of benzene rings is 1. The highest BCUT2D eigenvalue weighted by molar-refractivity contribution is 5.96. The molecule has 1 aromatic rings. The lowest BCUT2D eigenvalue weighted by atomic mass is 10.1. The summed E-state index contributed by atoms with van der Waals surface area (Å²) in [6.07, 6.45) is 0. The van der Waals surface area contributed by atoms with Crippen molar-refractivity contribution in [3.8, 4) is 11.5 Å². The van der Waals surface area contributed by atoms with Crippen molar-refractivity contribution in [2.24, 2.45) is 4.99 Å². The van der Waals surface area contributed by atoms with Crippen LogP contribution >= 0.6 is 0 Å². The number of aryl methyl sites for hydroxylation is 1. The lowest BCUT2D eigenvalue weighted by molar-refractivity contribution is 0.173. The van der Waals surface area contributed by atoms with Crippen molar-refractivity contribution < 1.29 is 9.47 Å². The van der Waals surface area contributed by atoms with Crippen LogP contribution < -0.4 is 20.1 Å². The van der Waals surface area contributed by atoms with E-state index in [9.17, 15) is 0 Å². The van der Waals surface area contributed by atoms with Crippen molar-refractivity contribution in [2.45, 2.75) is 13.8 Å². The van der Waals surface area contributed by atoms with Crippen molar-refractivity contribution in [3.05, 3.63) is 17.2 Å². The van der Waals surface area contributed by atoms with Crippen LogP contribution in [0.15, 0.2) is 11.1 Å². The Balaban J connectivity index is 1.97. The largest absolute Gasteiger partial charge is 0.453 e. The zero-order valence-electron chi connectivity index (χ0n) is 9.96. The number of rotatable bonds is 1. The minimum atomic E-state index is 0.305. The minimum Gasteiger partial charge on any atom is -0.453 e. The highest BCUT2D eigenvalue weighted by atomic mass is 16.7. The van der Waals surface area contributed by atoms with E-state index in [0.717, 1.165) is 47.4 Å².